The van der Waals surface area contributed by atoms with E-state index in [4.69, 9.17) is 0 Å². The Morgan fingerprint density at radius 1 is 1.24 bits per heavy atom. The lowest BCUT2D eigenvalue weighted by Gasteiger charge is -2.37. The van der Waals surface area contributed by atoms with Crippen molar-refractivity contribution in [2.45, 2.75) is 58.4 Å². The molecule has 2 atom stereocenters. The van der Waals surface area contributed by atoms with Crippen molar-refractivity contribution < 1.29 is 9.59 Å². The molecule has 0 bridgehead atoms. The largest absolute Gasteiger partial charge is 0.344 e. The van der Waals surface area contributed by atoms with Crippen LogP contribution < -0.4 is 10.6 Å². The highest BCUT2D eigenvalue weighted by molar-refractivity contribution is 5.90. The van der Waals surface area contributed by atoms with Crippen LogP contribution in [-0.2, 0) is 9.59 Å². The van der Waals surface area contributed by atoms with Crippen LogP contribution in [-0.4, -0.2) is 48.9 Å². The molecule has 2 unspecified atom stereocenters. The summed E-state index contributed by atoms with van der Waals surface area (Å²) < 4.78 is 0. The molecular weight excluding hydrogens is 266 g/mol. The van der Waals surface area contributed by atoms with Crippen molar-refractivity contribution in [3.8, 4) is 0 Å². The summed E-state index contributed by atoms with van der Waals surface area (Å²) in [5.41, 5.74) is -0.339. The Morgan fingerprint density at radius 2 is 1.95 bits per heavy atom. The average Bonchev–Trinajstić information content (AvgIpc) is 2.55. The molecule has 120 valence electrons. The Balaban J connectivity index is 1.92. The van der Waals surface area contributed by atoms with Gasteiger partial charge in [0.05, 0.1) is 5.41 Å². The lowest BCUT2D eigenvalue weighted by Crippen LogP contribution is -2.55. The van der Waals surface area contributed by atoms with Gasteiger partial charge >= 0.3 is 0 Å². The molecule has 0 aromatic rings. The van der Waals surface area contributed by atoms with Crippen LogP contribution in [0.25, 0.3) is 0 Å². The molecule has 2 amide bonds. The monoisotopic (exact) mass is 295 g/mol. The van der Waals surface area contributed by atoms with Gasteiger partial charge in [0.1, 0.15) is 6.04 Å². The van der Waals surface area contributed by atoms with Crippen molar-refractivity contribution in [1.82, 2.24) is 15.5 Å². The number of nitrogens with one attached hydrogen (secondary N) is 2. The molecule has 2 fully saturated rings. The molecule has 2 heterocycles. The van der Waals surface area contributed by atoms with Crippen LogP contribution in [0.5, 0.6) is 0 Å². The van der Waals surface area contributed by atoms with E-state index in [2.05, 4.69) is 17.6 Å². The number of rotatable bonds is 4. The standard InChI is InChI=1S/C16H29N3O2/c1-3-16(8-7-9-17-12-16)15(21)18-13(2)14(20)19-10-5-4-6-11-19/h13,17H,3-12H2,1-2H3,(H,18,21). The van der Waals surface area contributed by atoms with Gasteiger partial charge in [0, 0.05) is 19.6 Å². The number of piperidine rings is 2. The summed E-state index contributed by atoms with van der Waals surface area (Å²) in [7, 11) is 0. The summed E-state index contributed by atoms with van der Waals surface area (Å²) in [5, 5.41) is 6.29. The van der Waals surface area contributed by atoms with Gasteiger partial charge in [-0.15, -0.1) is 0 Å². The highest BCUT2D eigenvalue weighted by Crippen LogP contribution is 2.30. The van der Waals surface area contributed by atoms with Crippen LogP contribution in [0.4, 0.5) is 0 Å². The maximum atomic E-state index is 12.6. The zero-order chi connectivity index (χ0) is 15.3. The molecule has 0 saturated carbocycles. The van der Waals surface area contributed by atoms with E-state index in [-0.39, 0.29) is 17.2 Å². The minimum atomic E-state index is -0.416. The number of hydrogen-bond acceptors (Lipinski definition) is 3. The second-order valence-corrected chi connectivity index (χ2v) is 6.50. The first-order valence-corrected chi connectivity index (χ1v) is 8.39. The van der Waals surface area contributed by atoms with Crippen LogP contribution >= 0.6 is 0 Å². The quantitative estimate of drug-likeness (QED) is 0.821. The summed E-state index contributed by atoms with van der Waals surface area (Å²) in [5.74, 6) is 0.105. The van der Waals surface area contributed by atoms with Crippen molar-refractivity contribution in [2.24, 2.45) is 5.41 Å². The fourth-order valence-corrected chi connectivity index (χ4v) is 3.42. The predicted octanol–water partition coefficient (Wildman–Crippen LogP) is 1.28. The first-order valence-electron chi connectivity index (χ1n) is 8.39. The van der Waals surface area contributed by atoms with E-state index < -0.39 is 6.04 Å². The Bertz CT molecular complexity index is 372. The number of hydrogen-bond donors (Lipinski definition) is 2. The van der Waals surface area contributed by atoms with Crippen LogP contribution in [0, 0.1) is 5.41 Å². The molecule has 5 nitrogen and oxygen atoms in total. The van der Waals surface area contributed by atoms with Crippen molar-refractivity contribution in [3.05, 3.63) is 0 Å². The summed E-state index contributed by atoms with van der Waals surface area (Å²) >= 11 is 0. The number of carbonyl (C=O) groups is 2. The molecule has 21 heavy (non-hydrogen) atoms. The van der Waals surface area contributed by atoms with E-state index in [1.54, 1.807) is 0 Å². The minimum Gasteiger partial charge on any atom is -0.344 e. The smallest absolute Gasteiger partial charge is 0.244 e. The van der Waals surface area contributed by atoms with Gasteiger partial charge in [-0.25, -0.2) is 0 Å². The van der Waals surface area contributed by atoms with Gasteiger partial charge in [-0.3, -0.25) is 9.59 Å². The third kappa shape index (κ3) is 3.76. The van der Waals surface area contributed by atoms with E-state index in [9.17, 15) is 9.59 Å². The van der Waals surface area contributed by atoms with Gasteiger partial charge in [0.25, 0.3) is 0 Å². The number of nitrogens with zero attached hydrogens (tertiary/aromatic N) is 1. The minimum absolute atomic E-state index is 0.0371. The first-order chi connectivity index (χ1) is 10.1. The zero-order valence-corrected chi connectivity index (χ0v) is 13.4. The Kier molecular flexibility index (Phi) is 5.62. The fourth-order valence-electron chi connectivity index (χ4n) is 3.42. The molecule has 0 aliphatic carbocycles. The second-order valence-electron chi connectivity index (χ2n) is 6.50. The lowest BCUT2D eigenvalue weighted by molar-refractivity contribution is -0.140. The number of carbonyl (C=O) groups excluding carboxylic acids is 2. The molecule has 0 radical (unpaired) electrons. The fraction of sp³-hybridized carbons (Fsp3) is 0.875. The van der Waals surface area contributed by atoms with Gasteiger partial charge in [0.2, 0.25) is 11.8 Å². The summed E-state index contributed by atoms with van der Waals surface area (Å²) in [4.78, 5) is 26.9. The molecule has 2 rings (SSSR count). The van der Waals surface area contributed by atoms with Crippen molar-refractivity contribution >= 4 is 11.8 Å². The van der Waals surface area contributed by atoms with Crippen LogP contribution in [0.2, 0.25) is 0 Å². The summed E-state index contributed by atoms with van der Waals surface area (Å²) in [6, 6.07) is -0.416. The molecule has 2 aliphatic heterocycles. The summed E-state index contributed by atoms with van der Waals surface area (Å²) in [6.07, 6.45) is 6.11. The van der Waals surface area contributed by atoms with Crippen LogP contribution in [0.3, 0.4) is 0 Å². The Hall–Kier alpha value is -1.10. The molecule has 5 heteroatoms. The highest BCUT2D eigenvalue weighted by Gasteiger charge is 2.39. The highest BCUT2D eigenvalue weighted by atomic mass is 16.2. The molecule has 2 N–H and O–H groups in total. The first kappa shape index (κ1) is 16.3. The number of likely N-dealkylation sites (tertiary alicyclic amines) is 1. The van der Waals surface area contributed by atoms with Gasteiger partial charge in [-0.1, -0.05) is 6.92 Å². The van der Waals surface area contributed by atoms with Gasteiger partial charge in [-0.05, 0) is 52.0 Å². The average molecular weight is 295 g/mol. The Labute approximate surface area is 127 Å². The van der Waals surface area contributed by atoms with E-state index in [0.717, 1.165) is 58.3 Å². The van der Waals surface area contributed by atoms with E-state index in [1.165, 1.54) is 6.42 Å². The Morgan fingerprint density at radius 3 is 2.52 bits per heavy atom. The van der Waals surface area contributed by atoms with Gasteiger partial charge in [-0.2, -0.15) is 0 Å². The van der Waals surface area contributed by atoms with Crippen LogP contribution in [0.15, 0.2) is 0 Å². The normalized spacial score (nSPS) is 28.0. The lowest BCUT2D eigenvalue weighted by atomic mass is 9.77. The molecule has 0 spiro atoms. The maximum absolute atomic E-state index is 12.6. The van der Waals surface area contributed by atoms with Crippen molar-refractivity contribution in [2.75, 3.05) is 26.2 Å². The third-order valence-electron chi connectivity index (χ3n) is 5.02. The van der Waals surface area contributed by atoms with E-state index in [0.29, 0.717) is 0 Å². The predicted molar refractivity (Wildman–Crippen MR) is 82.9 cm³/mol. The van der Waals surface area contributed by atoms with Gasteiger partial charge in [0.15, 0.2) is 0 Å². The van der Waals surface area contributed by atoms with Gasteiger partial charge < -0.3 is 15.5 Å². The molecule has 2 aliphatic rings. The maximum Gasteiger partial charge on any atom is 0.244 e. The molecular formula is C16H29N3O2. The third-order valence-corrected chi connectivity index (χ3v) is 5.02. The van der Waals surface area contributed by atoms with Crippen LogP contribution in [0.1, 0.15) is 52.4 Å². The summed E-state index contributed by atoms with van der Waals surface area (Å²) in [6.45, 7) is 7.24. The zero-order valence-electron chi connectivity index (χ0n) is 13.4. The van der Waals surface area contributed by atoms with Crippen molar-refractivity contribution in [1.29, 1.82) is 0 Å². The molecule has 0 aromatic carbocycles. The second kappa shape index (κ2) is 7.25. The SMILES string of the molecule is CCC1(C(=O)NC(C)C(=O)N2CCCCC2)CCCNC1. The van der Waals surface area contributed by atoms with Crippen molar-refractivity contribution in [3.63, 3.8) is 0 Å². The van der Waals surface area contributed by atoms with E-state index >= 15 is 0 Å². The van der Waals surface area contributed by atoms with E-state index in [1.807, 2.05) is 11.8 Å². The molecule has 2 saturated heterocycles. The number of amides is 2. The topological polar surface area (TPSA) is 61.4 Å². The molecule has 0 aromatic heterocycles.